The summed E-state index contributed by atoms with van der Waals surface area (Å²) in [5.74, 6) is 0. The number of hydrogen-bond donors (Lipinski definition) is 0. The molecule has 4 heavy (non-hydrogen) atoms. The summed E-state index contributed by atoms with van der Waals surface area (Å²) >= 11 is 0. The first-order valence-corrected chi connectivity index (χ1v) is 1.00. The first-order valence-electron chi connectivity index (χ1n) is 1.00. The lowest BCUT2D eigenvalue weighted by Crippen LogP contribution is -0.856. The molecule has 0 aliphatic carbocycles. The third-order valence-electron chi connectivity index (χ3n) is 0. The maximum Gasteiger partial charge on any atom is -0.0683 e. The van der Waals surface area contributed by atoms with E-state index in [9.17, 15) is 0 Å². The Balaban J connectivity index is -0.00000000500. The highest BCUT2D eigenvalue weighted by Gasteiger charge is 0.932. The molecule has 2 heteroatoms. The third-order valence-corrected chi connectivity index (χ3v) is 0. The van der Waals surface area contributed by atoms with E-state index in [-0.39, 0.29) is 24.8 Å². The summed E-state index contributed by atoms with van der Waals surface area (Å²) in [6.45, 7) is 4.00. The molecule has 0 fully saturated rings. The lowest BCUT2D eigenvalue weighted by atomic mass is 11.0. The Morgan fingerprint density at radius 3 is 0.750 bits per heavy atom. The van der Waals surface area contributed by atoms with Crippen LogP contribution in [0.5, 0.6) is 0 Å². The summed E-state index contributed by atoms with van der Waals surface area (Å²) in [6.07, 6.45) is 0. The minimum atomic E-state index is 0. The zero-order chi connectivity index (χ0) is 2.00. The fraction of sp³-hybridized carbons (Fsp3) is 1.00. The van der Waals surface area contributed by atoms with Gasteiger partial charge in [-0.15, -0.1) is 24.8 Å². The Hall–Kier alpha value is 0.580. The van der Waals surface area contributed by atoms with Crippen LogP contribution in [0, 0.1) is 0 Å². The van der Waals surface area contributed by atoms with Gasteiger partial charge in [0.05, 0.1) is 0 Å². The van der Waals surface area contributed by atoms with E-state index in [0.29, 0.717) is 0 Å². The van der Waals surface area contributed by atoms with Crippen LogP contribution < -0.4 is 0 Å². The normalized spacial score (nSPS) is 1.50. The molecule has 0 radical (unpaired) electrons. The number of hydrogen-bond acceptors (Lipinski definition) is 0. The quantitative estimate of drug-likeness (QED) is 0.439. The van der Waals surface area contributed by atoms with Gasteiger partial charge >= 0.3 is 0 Å². The second-order valence-electron chi connectivity index (χ2n) is 0. The molecule has 0 aliphatic rings. The van der Waals surface area contributed by atoms with Crippen LogP contribution in [0.4, 0.5) is 0 Å². The van der Waals surface area contributed by atoms with Gasteiger partial charge in [-0.3, -0.25) is 0 Å². The first kappa shape index (κ1) is 23.5. The molecule has 0 aliphatic heterocycles. The Morgan fingerprint density at radius 1 is 0.750 bits per heavy atom. The standard InChI is InChI=1S/C2H6.2ClH/c1-2;;/h1-2H3;2*1H. The van der Waals surface area contributed by atoms with Crippen LogP contribution >= 0.6 is 24.8 Å². The molecule has 0 amide bonds. The van der Waals surface area contributed by atoms with E-state index in [1.165, 1.54) is 0 Å². The third kappa shape index (κ3) is 19.1. The molecule has 0 heterocycles. The van der Waals surface area contributed by atoms with E-state index in [0.717, 1.165) is 0 Å². The van der Waals surface area contributed by atoms with Crippen molar-refractivity contribution in [3.63, 3.8) is 0 Å². The average molecular weight is 103 g/mol. The van der Waals surface area contributed by atoms with Crippen LogP contribution in [-0.2, 0) is 0 Å². The topological polar surface area (TPSA) is 0 Å². The van der Waals surface area contributed by atoms with E-state index in [1.807, 2.05) is 13.8 Å². The van der Waals surface area contributed by atoms with E-state index in [1.54, 1.807) is 0 Å². The van der Waals surface area contributed by atoms with Crippen molar-refractivity contribution in [2.45, 2.75) is 13.8 Å². The van der Waals surface area contributed by atoms with Crippen molar-refractivity contribution < 1.29 is 0 Å². The Kier molecular flexibility index (Phi) is 416. The van der Waals surface area contributed by atoms with Crippen molar-refractivity contribution in [2.24, 2.45) is 0 Å². The zero-order valence-corrected chi connectivity index (χ0v) is 4.45. The molecule has 0 atom stereocenters. The van der Waals surface area contributed by atoms with Crippen molar-refractivity contribution in [2.75, 3.05) is 0 Å². The molecule has 0 saturated carbocycles. The van der Waals surface area contributed by atoms with Crippen LogP contribution in [0.1, 0.15) is 13.8 Å². The van der Waals surface area contributed by atoms with Crippen LogP contribution in [0.25, 0.3) is 0 Å². The van der Waals surface area contributed by atoms with Crippen LogP contribution in [0.2, 0.25) is 0 Å². The highest BCUT2D eigenvalue weighted by molar-refractivity contribution is 5.85. The molecule has 0 rings (SSSR count). The second kappa shape index (κ2) is 70.8. The molecular formula is C2H8Cl2. The molecule has 0 aromatic heterocycles. The maximum atomic E-state index is 2.00. The van der Waals surface area contributed by atoms with E-state index < -0.39 is 0 Å². The summed E-state index contributed by atoms with van der Waals surface area (Å²) in [6, 6.07) is 0. The molecule has 0 aromatic carbocycles. The summed E-state index contributed by atoms with van der Waals surface area (Å²) < 4.78 is 0. The van der Waals surface area contributed by atoms with Crippen molar-refractivity contribution in [1.82, 2.24) is 0 Å². The van der Waals surface area contributed by atoms with E-state index in [4.69, 9.17) is 0 Å². The first-order chi connectivity index (χ1) is 1.00. The van der Waals surface area contributed by atoms with Gasteiger partial charge in [0.25, 0.3) is 0 Å². The molecule has 0 bridgehead atoms. The van der Waals surface area contributed by atoms with Gasteiger partial charge in [0.1, 0.15) is 0 Å². The lowest BCUT2D eigenvalue weighted by molar-refractivity contribution is 1.50. The fourth-order valence-corrected chi connectivity index (χ4v) is 0. The van der Waals surface area contributed by atoms with Crippen molar-refractivity contribution in [3.8, 4) is 0 Å². The minimum Gasteiger partial charge on any atom is -0.147 e. The van der Waals surface area contributed by atoms with E-state index in [2.05, 4.69) is 0 Å². The van der Waals surface area contributed by atoms with Gasteiger partial charge in [-0.1, -0.05) is 13.8 Å². The summed E-state index contributed by atoms with van der Waals surface area (Å²) in [5, 5.41) is 0. The van der Waals surface area contributed by atoms with E-state index >= 15 is 0 Å². The van der Waals surface area contributed by atoms with Crippen LogP contribution in [0.15, 0.2) is 0 Å². The SMILES string of the molecule is CC.Cl.Cl. The summed E-state index contributed by atoms with van der Waals surface area (Å²) in [7, 11) is 0. The zero-order valence-electron chi connectivity index (χ0n) is 2.82. The van der Waals surface area contributed by atoms with Gasteiger partial charge in [0.2, 0.25) is 0 Å². The minimum absolute atomic E-state index is 0. The predicted octanol–water partition coefficient (Wildman–Crippen LogP) is 1.87. The molecule has 0 nitrogen and oxygen atoms in total. The molecule has 0 unspecified atom stereocenters. The molecule has 0 N–H and O–H groups in total. The van der Waals surface area contributed by atoms with Crippen LogP contribution in [0.3, 0.4) is 0 Å². The van der Waals surface area contributed by atoms with Crippen molar-refractivity contribution in [1.29, 1.82) is 0 Å². The Labute approximate surface area is 39.4 Å². The van der Waals surface area contributed by atoms with Crippen molar-refractivity contribution in [3.05, 3.63) is 0 Å². The second-order valence-corrected chi connectivity index (χ2v) is 0. The van der Waals surface area contributed by atoms with Crippen LogP contribution in [-0.4, -0.2) is 0 Å². The smallest absolute Gasteiger partial charge is 0.0683 e. The van der Waals surface area contributed by atoms with Gasteiger partial charge in [-0.25, -0.2) is 0 Å². The molecule has 0 aromatic rings. The monoisotopic (exact) mass is 102 g/mol. The van der Waals surface area contributed by atoms with Crippen molar-refractivity contribution >= 4 is 24.8 Å². The average Bonchev–Trinajstić information content (AvgIpc) is 1.00. The Bertz CT molecular complexity index is 4.00. The molecule has 0 spiro atoms. The summed E-state index contributed by atoms with van der Waals surface area (Å²) in [4.78, 5) is 0. The maximum absolute atomic E-state index is 2.00. The van der Waals surface area contributed by atoms with Gasteiger partial charge < -0.3 is 0 Å². The summed E-state index contributed by atoms with van der Waals surface area (Å²) in [5.41, 5.74) is 0. The molecule has 30 valence electrons. The highest BCUT2D eigenvalue weighted by atomic mass is 35.5. The molecule has 0 saturated heterocycles. The number of rotatable bonds is 0. The lowest BCUT2D eigenvalue weighted by Gasteiger charge is -1.07. The Morgan fingerprint density at radius 2 is 0.750 bits per heavy atom. The van der Waals surface area contributed by atoms with Gasteiger partial charge in [0.15, 0.2) is 0 Å². The van der Waals surface area contributed by atoms with Gasteiger partial charge in [-0.05, 0) is 0 Å². The fourth-order valence-electron chi connectivity index (χ4n) is 0. The highest BCUT2D eigenvalue weighted by Crippen LogP contribution is 1.14. The van der Waals surface area contributed by atoms with Gasteiger partial charge in [0, 0.05) is 0 Å². The largest absolute Gasteiger partial charge is 0.147 e. The predicted molar refractivity (Wildman–Crippen MR) is 25.8 cm³/mol. The van der Waals surface area contributed by atoms with Gasteiger partial charge in [-0.2, -0.15) is 0 Å². The molecular weight excluding hydrogens is 94.9 g/mol. The number of halogens is 2.